The molecule has 0 unspecified atom stereocenters. The van der Waals surface area contributed by atoms with Gasteiger partial charge in [-0.3, -0.25) is 4.90 Å². The maximum absolute atomic E-state index is 6.05. The number of nitrogens with zero attached hydrogens (tertiary/aromatic N) is 2. The van der Waals surface area contributed by atoms with Crippen molar-refractivity contribution in [3.8, 4) is 0 Å². The van der Waals surface area contributed by atoms with E-state index in [1.165, 1.54) is 12.1 Å². The highest BCUT2D eigenvalue weighted by molar-refractivity contribution is 6.30. The zero-order chi connectivity index (χ0) is 13.5. The van der Waals surface area contributed by atoms with Gasteiger partial charge in [0.05, 0.1) is 0 Å². The minimum atomic E-state index is 0.823. The summed E-state index contributed by atoms with van der Waals surface area (Å²) < 4.78 is 0. The highest BCUT2D eigenvalue weighted by Gasteiger charge is 2.16. The van der Waals surface area contributed by atoms with Gasteiger partial charge in [-0.25, -0.2) is 0 Å². The molecular weight excluding hydrogens is 258 g/mol. The third-order valence-corrected chi connectivity index (χ3v) is 3.81. The summed E-state index contributed by atoms with van der Waals surface area (Å²) in [7, 11) is 0. The smallest absolute Gasteiger partial charge is 0.0426 e. The fraction of sp³-hybridized carbons (Fsp3) is 0.600. The van der Waals surface area contributed by atoms with Crippen LogP contribution in [0.15, 0.2) is 24.3 Å². The fourth-order valence-electron chi connectivity index (χ4n) is 2.44. The van der Waals surface area contributed by atoms with Crippen LogP contribution < -0.4 is 10.2 Å². The molecule has 0 radical (unpaired) electrons. The van der Waals surface area contributed by atoms with E-state index < -0.39 is 0 Å². The van der Waals surface area contributed by atoms with Crippen molar-refractivity contribution in [1.29, 1.82) is 0 Å². The number of benzene rings is 1. The van der Waals surface area contributed by atoms with Gasteiger partial charge in [-0.1, -0.05) is 24.6 Å². The molecule has 0 saturated carbocycles. The summed E-state index contributed by atoms with van der Waals surface area (Å²) >= 11 is 6.05. The van der Waals surface area contributed by atoms with E-state index in [0.717, 1.165) is 50.8 Å². The molecule has 2 rings (SSSR count). The topological polar surface area (TPSA) is 18.5 Å². The number of rotatable bonds is 6. The maximum Gasteiger partial charge on any atom is 0.0426 e. The van der Waals surface area contributed by atoms with E-state index in [4.69, 9.17) is 11.6 Å². The molecule has 0 aliphatic carbocycles. The van der Waals surface area contributed by atoms with Crippen molar-refractivity contribution in [2.24, 2.45) is 0 Å². The zero-order valence-corrected chi connectivity index (χ0v) is 12.5. The summed E-state index contributed by atoms with van der Waals surface area (Å²) in [6, 6.07) is 8.16. The maximum atomic E-state index is 6.05. The Morgan fingerprint density at radius 1 is 1.16 bits per heavy atom. The van der Waals surface area contributed by atoms with Crippen LogP contribution in [0.3, 0.4) is 0 Å². The van der Waals surface area contributed by atoms with Crippen LogP contribution >= 0.6 is 11.6 Å². The molecule has 106 valence electrons. The first-order chi connectivity index (χ1) is 9.29. The normalized spacial score (nSPS) is 16.8. The molecule has 0 bridgehead atoms. The molecule has 0 spiro atoms. The lowest BCUT2D eigenvalue weighted by Crippen LogP contribution is -2.48. The summed E-state index contributed by atoms with van der Waals surface area (Å²) in [5.41, 5.74) is 1.25. The third kappa shape index (κ3) is 4.68. The molecule has 1 heterocycles. The highest BCUT2D eigenvalue weighted by atomic mass is 35.5. The Bertz CT molecular complexity index is 375. The van der Waals surface area contributed by atoms with Crippen LogP contribution in [0, 0.1) is 0 Å². The van der Waals surface area contributed by atoms with E-state index in [1.807, 2.05) is 12.1 Å². The van der Waals surface area contributed by atoms with Gasteiger partial charge < -0.3 is 10.2 Å². The van der Waals surface area contributed by atoms with E-state index >= 15 is 0 Å². The number of halogens is 1. The van der Waals surface area contributed by atoms with Gasteiger partial charge >= 0.3 is 0 Å². The Kier molecular flexibility index (Phi) is 5.95. The van der Waals surface area contributed by atoms with Crippen molar-refractivity contribution in [3.63, 3.8) is 0 Å². The van der Waals surface area contributed by atoms with Crippen molar-refractivity contribution in [2.45, 2.75) is 13.3 Å². The third-order valence-electron chi connectivity index (χ3n) is 3.58. The van der Waals surface area contributed by atoms with E-state index in [1.54, 1.807) is 0 Å². The molecule has 3 nitrogen and oxygen atoms in total. The Morgan fingerprint density at radius 2 is 1.95 bits per heavy atom. The predicted octanol–water partition coefficient (Wildman–Crippen LogP) is 2.46. The molecule has 4 heteroatoms. The summed E-state index contributed by atoms with van der Waals surface area (Å²) in [6.45, 7) is 10.1. The number of hydrogen-bond acceptors (Lipinski definition) is 3. The molecule has 0 aromatic heterocycles. The second-order valence-corrected chi connectivity index (χ2v) is 5.49. The molecule has 1 aromatic carbocycles. The second kappa shape index (κ2) is 7.73. The minimum absolute atomic E-state index is 0.823. The van der Waals surface area contributed by atoms with Crippen molar-refractivity contribution in [3.05, 3.63) is 29.3 Å². The van der Waals surface area contributed by atoms with E-state index in [9.17, 15) is 0 Å². The summed E-state index contributed by atoms with van der Waals surface area (Å²) in [5.74, 6) is 0. The Labute approximate surface area is 121 Å². The van der Waals surface area contributed by atoms with Gasteiger partial charge in [0.15, 0.2) is 0 Å². The highest BCUT2D eigenvalue weighted by Crippen LogP contribution is 2.20. The molecule has 1 aliphatic heterocycles. The lowest BCUT2D eigenvalue weighted by atomic mass is 10.2. The summed E-state index contributed by atoms with van der Waals surface area (Å²) in [5, 5.41) is 4.28. The van der Waals surface area contributed by atoms with Crippen molar-refractivity contribution < 1.29 is 0 Å². The first-order valence-corrected chi connectivity index (χ1v) is 7.61. The average Bonchev–Trinajstić information content (AvgIpc) is 2.44. The largest absolute Gasteiger partial charge is 0.369 e. The molecule has 0 amide bonds. The lowest BCUT2D eigenvalue weighted by Gasteiger charge is -2.36. The van der Waals surface area contributed by atoms with Gasteiger partial charge in [-0.2, -0.15) is 0 Å². The number of nitrogens with one attached hydrogen (secondary N) is 1. The SMILES string of the molecule is CCCNCCN1CCN(c2cccc(Cl)c2)CC1. The van der Waals surface area contributed by atoms with E-state index in [2.05, 4.69) is 34.2 Å². The van der Waals surface area contributed by atoms with Crippen LogP contribution in [0.2, 0.25) is 5.02 Å². The van der Waals surface area contributed by atoms with Crippen LogP contribution in [0.4, 0.5) is 5.69 Å². The predicted molar refractivity (Wildman–Crippen MR) is 83.3 cm³/mol. The molecule has 1 aromatic rings. The van der Waals surface area contributed by atoms with Crippen molar-refractivity contribution >= 4 is 17.3 Å². The Balaban J connectivity index is 1.73. The minimum Gasteiger partial charge on any atom is -0.369 e. The first kappa shape index (κ1) is 14.6. The molecule has 1 aliphatic rings. The van der Waals surface area contributed by atoms with Gasteiger partial charge in [0.1, 0.15) is 0 Å². The van der Waals surface area contributed by atoms with Gasteiger partial charge in [-0.15, -0.1) is 0 Å². The van der Waals surface area contributed by atoms with Gasteiger partial charge in [0, 0.05) is 50.0 Å². The second-order valence-electron chi connectivity index (χ2n) is 5.06. The average molecular weight is 282 g/mol. The number of piperazine rings is 1. The number of anilines is 1. The van der Waals surface area contributed by atoms with Gasteiger partial charge in [0.25, 0.3) is 0 Å². The lowest BCUT2D eigenvalue weighted by molar-refractivity contribution is 0.258. The molecule has 1 saturated heterocycles. The van der Waals surface area contributed by atoms with Crippen molar-refractivity contribution in [1.82, 2.24) is 10.2 Å². The Morgan fingerprint density at radius 3 is 2.63 bits per heavy atom. The molecule has 19 heavy (non-hydrogen) atoms. The van der Waals surface area contributed by atoms with Crippen LogP contribution in [0.25, 0.3) is 0 Å². The van der Waals surface area contributed by atoms with Crippen LogP contribution in [0.1, 0.15) is 13.3 Å². The fourth-order valence-corrected chi connectivity index (χ4v) is 2.63. The summed E-state index contributed by atoms with van der Waals surface area (Å²) in [6.07, 6.45) is 1.21. The number of hydrogen-bond donors (Lipinski definition) is 1. The molecule has 1 N–H and O–H groups in total. The summed E-state index contributed by atoms with van der Waals surface area (Å²) in [4.78, 5) is 4.95. The first-order valence-electron chi connectivity index (χ1n) is 7.23. The van der Waals surface area contributed by atoms with E-state index in [-0.39, 0.29) is 0 Å². The standard InChI is InChI=1S/C15H24ClN3/c1-2-6-17-7-8-18-9-11-19(12-10-18)15-5-3-4-14(16)13-15/h3-5,13,17H,2,6-12H2,1H3. The Hall–Kier alpha value is -0.770. The zero-order valence-electron chi connectivity index (χ0n) is 11.7. The van der Waals surface area contributed by atoms with Crippen LogP contribution in [-0.4, -0.2) is 50.7 Å². The monoisotopic (exact) mass is 281 g/mol. The molecular formula is C15H24ClN3. The van der Waals surface area contributed by atoms with E-state index in [0.29, 0.717) is 0 Å². The molecule has 0 atom stereocenters. The molecule has 1 fully saturated rings. The van der Waals surface area contributed by atoms with Gasteiger partial charge in [0.2, 0.25) is 0 Å². The van der Waals surface area contributed by atoms with Crippen LogP contribution in [0.5, 0.6) is 0 Å². The van der Waals surface area contributed by atoms with Gasteiger partial charge in [-0.05, 0) is 31.2 Å². The quantitative estimate of drug-likeness (QED) is 0.808. The van der Waals surface area contributed by atoms with Crippen molar-refractivity contribution in [2.75, 3.05) is 50.7 Å². The van der Waals surface area contributed by atoms with Crippen LogP contribution in [-0.2, 0) is 0 Å².